The molecule has 0 amide bonds. The van der Waals surface area contributed by atoms with E-state index in [0.29, 0.717) is 10.6 Å². The fraction of sp³-hybridized carbons (Fsp3) is 0.231. The predicted octanol–water partition coefficient (Wildman–Crippen LogP) is 3.48. The highest BCUT2D eigenvalue weighted by molar-refractivity contribution is 9.11. The first-order valence-electron chi connectivity index (χ1n) is 5.93. The fourth-order valence-corrected chi connectivity index (χ4v) is 4.37. The zero-order valence-electron chi connectivity index (χ0n) is 11.1. The van der Waals surface area contributed by atoms with Gasteiger partial charge in [0.25, 0.3) is 0 Å². The molecule has 0 bridgehead atoms. The molecular formula is C13H13BrClNO3S2. The van der Waals surface area contributed by atoms with E-state index in [1.54, 1.807) is 0 Å². The molecule has 21 heavy (non-hydrogen) atoms. The SMILES string of the molecule is CN(Cc1csc(Br)c1)S(=O)(=O)c1ccc(Cl)c(CO)c1. The molecule has 1 N–H and O–H groups in total. The maximum atomic E-state index is 12.5. The molecule has 1 aromatic carbocycles. The van der Waals surface area contributed by atoms with E-state index in [1.807, 2.05) is 11.4 Å². The number of aliphatic hydroxyl groups excluding tert-OH is 1. The molecule has 0 fully saturated rings. The van der Waals surface area contributed by atoms with E-state index in [2.05, 4.69) is 15.9 Å². The van der Waals surface area contributed by atoms with Crippen molar-refractivity contribution in [1.29, 1.82) is 0 Å². The average molecular weight is 411 g/mol. The molecule has 8 heteroatoms. The minimum absolute atomic E-state index is 0.118. The molecule has 2 rings (SSSR count). The molecule has 0 aliphatic heterocycles. The van der Waals surface area contributed by atoms with Gasteiger partial charge in [0.05, 0.1) is 15.3 Å². The van der Waals surface area contributed by atoms with E-state index >= 15 is 0 Å². The third-order valence-corrected chi connectivity index (χ3v) is 6.64. The van der Waals surface area contributed by atoms with Gasteiger partial charge in [-0.1, -0.05) is 11.6 Å². The van der Waals surface area contributed by atoms with Crippen LogP contribution in [-0.2, 0) is 23.2 Å². The van der Waals surface area contributed by atoms with Crippen LogP contribution in [0.1, 0.15) is 11.1 Å². The Morgan fingerprint density at radius 1 is 1.38 bits per heavy atom. The van der Waals surface area contributed by atoms with Crippen molar-refractivity contribution in [2.75, 3.05) is 7.05 Å². The molecule has 1 heterocycles. The number of hydrogen-bond acceptors (Lipinski definition) is 4. The number of nitrogens with zero attached hydrogens (tertiary/aromatic N) is 1. The lowest BCUT2D eigenvalue weighted by atomic mass is 10.2. The van der Waals surface area contributed by atoms with Crippen molar-refractivity contribution in [3.8, 4) is 0 Å². The predicted molar refractivity (Wildman–Crippen MR) is 88.0 cm³/mol. The lowest BCUT2D eigenvalue weighted by Gasteiger charge is -2.17. The molecule has 0 spiro atoms. The normalized spacial score (nSPS) is 12.0. The number of rotatable bonds is 5. The molecule has 0 saturated heterocycles. The van der Waals surface area contributed by atoms with Crippen molar-refractivity contribution in [2.24, 2.45) is 0 Å². The van der Waals surface area contributed by atoms with Crippen LogP contribution in [0.5, 0.6) is 0 Å². The smallest absolute Gasteiger partial charge is 0.243 e. The van der Waals surface area contributed by atoms with Gasteiger partial charge >= 0.3 is 0 Å². The molecule has 114 valence electrons. The minimum Gasteiger partial charge on any atom is -0.392 e. The highest BCUT2D eigenvalue weighted by Crippen LogP contribution is 2.25. The van der Waals surface area contributed by atoms with Gasteiger partial charge in [-0.25, -0.2) is 8.42 Å². The second kappa shape index (κ2) is 6.76. The van der Waals surface area contributed by atoms with Crippen molar-refractivity contribution >= 4 is 48.9 Å². The molecule has 0 unspecified atom stereocenters. The highest BCUT2D eigenvalue weighted by atomic mass is 79.9. The van der Waals surface area contributed by atoms with Gasteiger partial charge < -0.3 is 5.11 Å². The maximum Gasteiger partial charge on any atom is 0.243 e. The number of sulfonamides is 1. The highest BCUT2D eigenvalue weighted by Gasteiger charge is 2.22. The Hall–Kier alpha value is -0.440. The second-order valence-electron chi connectivity index (χ2n) is 4.43. The van der Waals surface area contributed by atoms with Gasteiger partial charge in [-0.3, -0.25) is 0 Å². The summed E-state index contributed by atoms with van der Waals surface area (Å²) in [6.07, 6.45) is 0. The molecular weight excluding hydrogens is 398 g/mol. The number of hydrogen-bond donors (Lipinski definition) is 1. The Morgan fingerprint density at radius 2 is 2.10 bits per heavy atom. The summed E-state index contributed by atoms with van der Waals surface area (Å²) in [5.41, 5.74) is 1.30. The molecule has 0 aliphatic carbocycles. The molecule has 0 aliphatic rings. The first-order chi connectivity index (χ1) is 9.84. The standard InChI is InChI=1S/C13H13BrClNO3S2/c1-16(6-9-4-13(14)20-8-9)21(18,19)11-2-3-12(15)10(5-11)7-17/h2-5,8,17H,6-7H2,1H3. The van der Waals surface area contributed by atoms with Gasteiger partial charge in [0.2, 0.25) is 10.0 Å². The summed E-state index contributed by atoms with van der Waals surface area (Å²) in [6.45, 7) is -0.0229. The van der Waals surface area contributed by atoms with Crippen LogP contribution in [0.4, 0.5) is 0 Å². The van der Waals surface area contributed by atoms with Crippen molar-refractivity contribution in [3.63, 3.8) is 0 Å². The lowest BCUT2D eigenvalue weighted by molar-refractivity contribution is 0.281. The Balaban J connectivity index is 2.28. The minimum atomic E-state index is -3.62. The van der Waals surface area contributed by atoms with Crippen LogP contribution in [0.3, 0.4) is 0 Å². The topological polar surface area (TPSA) is 57.6 Å². The van der Waals surface area contributed by atoms with Crippen LogP contribution in [-0.4, -0.2) is 24.9 Å². The van der Waals surface area contributed by atoms with E-state index < -0.39 is 10.0 Å². The molecule has 0 saturated carbocycles. The number of benzene rings is 1. The summed E-state index contributed by atoms with van der Waals surface area (Å²) < 4.78 is 27.3. The monoisotopic (exact) mass is 409 g/mol. The van der Waals surface area contributed by atoms with Gasteiger partial charge in [-0.15, -0.1) is 11.3 Å². The van der Waals surface area contributed by atoms with Crippen molar-refractivity contribution < 1.29 is 13.5 Å². The van der Waals surface area contributed by atoms with Crippen molar-refractivity contribution in [1.82, 2.24) is 4.31 Å². The average Bonchev–Trinajstić information content (AvgIpc) is 2.84. The molecule has 4 nitrogen and oxygen atoms in total. The fourth-order valence-electron chi connectivity index (χ4n) is 1.78. The Bertz CT molecular complexity index is 746. The largest absolute Gasteiger partial charge is 0.392 e. The first-order valence-corrected chi connectivity index (χ1v) is 9.42. The number of halogens is 2. The van der Waals surface area contributed by atoms with Crippen LogP contribution in [0.2, 0.25) is 5.02 Å². The van der Waals surface area contributed by atoms with Crippen LogP contribution < -0.4 is 0 Å². The van der Waals surface area contributed by atoms with Gasteiger partial charge in [-0.05, 0) is 56.7 Å². The number of aliphatic hydroxyl groups is 1. The Morgan fingerprint density at radius 3 is 2.67 bits per heavy atom. The zero-order valence-corrected chi connectivity index (χ0v) is 15.1. The maximum absolute atomic E-state index is 12.5. The second-order valence-corrected chi connectivity index (χ2v) is 9.17. The summed E-state index contributed by atoms with van der Waals surface area (Å²) >= 11 is 10.7. The first kappa shape index (κ1) is 16.9. The summed E-state index contributed by atoms with van der Waals surface area (Å²) in [4.78, 5) is 0.118. The van der Waals surface area contributed by atoms with E-state index in [4.69, 9.17) is 11.6 Å². The van der Waals surface area contributed by atoms with Crippen LogP contribution in [0.25, 0.3) is 0 Å². The van der Waals surface area contributed by atoms with Crippen LogP contribution >= 0.6 is 38.9 Å². The summed E-state index contributed by atoms with van der Waals surface area (Å²) in [7, 11) is -2.10. The van der Waals surface area contributed by atoms with Gasteiger partial charge in [0.15, 0.2) is 0 Å². The summed E-state index contributed by atoms with van der Waals surface area (Å²) in [5, 5.41) is 11.4. The van der Waals surface area contributed by atoms with E-state index in [-0.39, 0.29) is 18.0 Å². The molecule has 2 aromatic rings. The van der Waals surface area contributed by atoms with Gasteiger partial charge in [0, 0.05) is 18.6 Å². The quantitative estimate of drug-likeness (QED) is 0.821. The molecule has 1 aromatic heterocycles. The van der Waals surface area contributed by atoms with Crippen LogP contribution in [0.15, 0.2) is 38.3 Å². The van der Waals surface area contributed by atoms with E-state index in [9.17, 15) is 13.5 Å². The van der Waals surface area contributed by atoms with E-state index in [1.165, 1.54) is 40.9 Å². The summed E-state index contributed by atoms with van der Waals surface area (Å²) in [5.74, 6) is 0. The van der Waals surface area contributed by atoms with E-state index in [0.717, 1.165) is 9.35 Å². The van der Waals surface area contributed by atoms with Crippen molar-refractivity contribution in [2.45, 2.75) is 18.0 Å². The van der Waals surface area contributed by atoms with Crippen LogP contribution in [0, 0.1) is 0 Å². The zero-order chi connectivity index (χ0) is 15.6. The Kier molecular flexibility index (Phi) is 5.45. The third-order valence-electron chi connectivity index (χ3n) is 2.92. The number of thiophene rings is 1. The molecule has 0 atom stereocenters. The van der Waals surface area contributed by atoms with Gasteiger partial charge in [-0.2, -0.15) is 4.31 Å². The lowest BCUT2D eigenvalue weighted by Crippen LogP contribution is -2.26. The third kappa shape index (κ3) is 3.85. The summed E-state index contributed by atoms with van der Waals surface area (Å²) in [6, 6.07) is 6.21. The van der Waals surface area contributed by atoms with Crippen molar-refractivity contribution in [3.05, 3.63) is 49.6 Å². The molecule has 0 radical (unpaired) electrons. The Labute approximate surface area is 141 Å². The van der Waals surface area contributed by atoms with Gasteiger partial charge in [0.1, 0.15) is 0 Å².